The minimum Gasteiger partial charge on any atom is -0.317 e. The fourth-order valence-corrected chi connectivity index (χ4v) is 2.87. The van der Waals surface area contributed by atoms with Crippen LogP contribution in [0.5, 0.6) is 0 Å². The molecule has 1 N–H and O–H groups in total. The first kappa shape index (κ1) is 17.0. The van der Waals surface area contributed by atoms with E-state index in [9.17, 15) is 0 Å². The first-order chi connectivity index (χ1) is 8.29. The monoisotopic (exact) mass is 241 g/mol. The van der Waals surface area contributed by atoms with Crippen molar-refractivity contribution in [3.05, 3.63) is 0 Å². The summed E-state index contributed by atoms with van der Waals surface area (Å²) in [5.74, 6) is 0.904. The van der Waals surface area contributed by atoms with Crippen LogP contribution in [0.4, 0.5) is 0 Å². The summed E-state index contributed by atoms with van der Waals surface area (Å²) >= 11 is 0. The molecular formula is C16H35N. The fraction of sp³-hybridized carbons (Fsp3) is 1.00. The van der Waals surface area contributed by atoms with Crippen molar-refractivity contribution in [2.75, 3.05) is 7.05 Å². The molecule has 1 nitrogen and oxygen atoms in total. The molecule has 0 rings (SSSR count). The lowest BCUT2D eigenvalue weighted by molar-refractivity contribution is 0.303. The molecular weight excluding hydrogens is 206 g/mol. The van der Waals surface area contributed by atoms with Gasteiger partial charge < -0.3 is 5.32 Å². The van der Waals surface area contributed by atoms with E-state index in [1.54, 1.807) is 0 Å². The van der Waals surface area contributed by atoms with Gasteiger partial charge in [0.05, 0.1) is 0 Å². The van der Waals surface area contributed by atoms with E-state index >= 15 is 0 Å². The van der Waals surface area contributed by atoms with Gasteiger partial charge in [-0.05, 0) is 32.2 Å². The number of hydrogen-bond donors (Lipinski definition) is 1. The minimum atomic E-state index is 0.761. The molecule has 0 amide bonds. The lowest BCUT2D eigenvalue weighted by atomic mass is 9.87. The summed E-state index contributed by atoms with van der Waals surface area (Å²) in [6.07, 6.45) is 13.9. The highest BCUT2D eigenvalue weighted by Gasteiger charge is 2.17. The quantitative estimate of drug-likeness (QED) is 0.466. The van der Waals surface area contributed by atoms with Crippen LogP contribution in [-0.2, 0) is 0 Å². The number of nitrogens with one attached hydrogen (secondary N) is 1. The summed E-state index contributed by atoms with van der Waals surface area (Å²) in [5, 5.41) is 3.56. The Hall–Kier alpha value is -0.0400. The molecule has 0 bridgehead atoms. The Morgan fingerprint density at radius 1 is 0.706 bits per heavy atom. The summed E-state index contributed by atoms with van der Waals surface area (Å²) in [6, 6.07) is 0.761. The van der Waals surface area contributed by atoms with Crippen molar-refractivity contribution in [1.82, 2.24) is 5.32 Å². The smallest absolute Gasteiger partial charge is 0.00923 e. The van der Waals surface area contributed by atoms with Crippen molar-refractivity contribution in [2.45, 2.75) is 91.0 Å². The van der Waals surface area contributed by atoms with Crippen LogP contribution in [0.3, 0.4) is 0 Å². The SMILES string of the molecule is CCCCCCCC(NC)C(CCC)CCC. The van der Waals surface area contributed by atoms with Gasteiger partial charge in [-0.1, -0.05) is 65.7 Å². The van der Waals surface area contributed by atoms with Gasteiger partial charge in [0.2, 0.25) is 0 Å². The Kier molecular flexibility index (Phi) is 12.4. The van der Waals surface area contributed by atoms with Gasteiger partial charge in [0, 0.05) is 6.04 Å². The van der Waals surface area contributed by atoms with Gasteiger partial charge in [-0.3, -0.25) is 0 Å². The lowest BCUT2D eigenvalue weighted by Gasteiger charge is -2.26. The topological polar surface area (TPSA) is 12.0 Å². The molecule has 104 valence electrons. The summed E-state index contributed by atoms with van der Waals surface area (Å²) in [4.78, 5) is 0. The average Bonchev–Trinajstić information content (AvgIpc) is 2.34. The zero-order valence-corrected chi connectivity index (χ0v) is 12.7. The van der Waals surface area contributed by atoms with Crippen molar-refractivity contribution in [3.8, 4) is 0 Å². The van der Waals surface area contributed by atoms with E-state index in [0.717, 1.165) is 12.0 Å². The molecule has 0 radical (unpaired) electrons. The molecule has 0 aromatic rings. The van der Waals surface area contributed by atoms with E-state index in [-0.39, 0.29) is 0 Å². The molecule has 0 fully saturated rings. The van der Waals surface area contributed by atoms with Gasteiger partial charge in [0.1, 0.15) is 0 Å². The molecule has 0 aliphatic rings. The maximum Gasteiger partial charge on any atom is 0.00923 e. The lowest BCUT2D eigenvalue weighted by Crippen LogP contribution is -2.33. The molecule has 0 heterocycles. The van der Waals surface area contributed by atoms with E-state index in [4.69, 9.17) is 0 Å². The highest BCUT2D eigenvalue weighted by Crippen LogP contribution is 2.22. The van der Waals surface area contributed by atoms with E-state index in [0.29, 0.717) is 0 Å². The van der Waals surface area contributed by atoms with E-state index in [2.05, 4.69) is 33.1 Å². The molecule has 0 aliphatic carbocycles. The molecule has 1 unspecified atom stereocenters. The van der Waals surface area contributed by atoms with Crippen LogP contribution in [0.15, 0.2) is 0 Å². The van der Waals surface area contributed by atoms with Crippen molar-refractivity contribution in [2.24, 2.45) is 5.92 Å². The second-order valence-corrected chi connectivity index (χ2v) is 5.44. The highest BCUT2D eigenvalue weighted by atomic mass is 14.9. The number of hydrogen-bond acceptors (Lipinski definition) is 1. The molecule has 0 aliphatic heterocycles. The first-order valence-corrected chi connectivity index (χ1v) is 7.97. The normalized spacial score (nSPS) is 13.2. The standard InChI is InChI=1S/C16H35N/c1-5-8-9-10-11-14-16(17-4)15(12-6-2)13-7-3/h15-17H,5-14H2,1-4H3. The first-order valence-electron chi connectivity index (χ1n) is 7.97. The summed E-state index contributed by atoms with van der Waals surface area (Å²) in [6.45, 7) is 6.92. The number of unbranched alkanes of at least 4 members (excludes halogenated alkanes) is 4. The Bertz CT molecular complexity index is 138. The zero-order chi connectivity index (χ0) is 12.9. The predicted octanol–water partition coefficient (Wildman–Crippen LogP) is 5.15. The summed E-state index contributed by atoms with van der Waals surface area (Å²) in [5.41, 5.74) is 0. The van der Waals surface area contributed by atoms with Crippen LogP contribution >= 0.6 is 0 Å². The second-order valence-electron chi connectivity index (χ2n) is 5.44. The molecule has 0 saturated carbocycles. The average molecular weight is 241 g/mol. The van der Waals surface area contributed by atoms with Gasteiger partial charge in [0.25, 0.3) is 0 Å². The van der Waals surface area contributed by atoms with Gasteiger partial charge in [-0.25, -0.2) is 0 Å². The van der Waals surface area contributed by atoms with Crippen molar-refractivity contribution in [1.29, 1.82) is 0 Å². The third kappa shape index (κ3) is 8.65. The summed E-state index contributed by atoms with van der Waals surface area (Å²) in [7, 11) is 2.15. The van der Waals surface area contributed by atoms with E-state index in [1.165, 1.54) is 64.2 Å². The second kappa shape index (κ2) is 12.4. The van der Waals surface area contributed by atoms with E-state index < -0.39 is 0 Å². The van der Waals surface area contributed by atoms with Crippen LogP contribution in [-0.4, -0.2) is 13.1 Å². The molecule has 0 aromatic heterocycles. The largest absolute Gasteiger partial charge is 0.317 e. The molecule has 0 aromatic carbocycles. The Morgan fingerprint density at radius 2 is 1.29 bits per heavy atom. The Morgan fingerprint density at radius 3 is 1.76 bits per heavy atom. The maximum absolute atomic E-state index is 3.56. The Balaban J connectivity index is 3.83. The van der Waals surface area contributed by atoms with Crippen molar-refractivity contribution >= 4 is 0 Å². The van der Waals surface area contributed by atoms with Crippen LogP contribution < -0.4 is 5.32 Å². The number of rotatable bonds is 12. The van der Waals surface area contributed by atoms with Crippen LogP contribution in [0.25, 0.3) is 0 Å². The molecule has 1 heteroatoms. The minimum absolute atomic E-state index is 0.761. The third-order valence-electron chi connectivity index (χ3n) is 3.88. The fourth-order valence-electron chi connectivity index (χ4n) is 2.87. The molecule has 1 atom stereocenters. The van der Waals surface area contributed by atoms with Gasteiger partial charge in [-0.2, -0.15) is 0 Å². The van der Waals surface area contributed by atoms with E-state index in [1.807, 2.05) is 0 Å². The van der Waals surface area contributed by atoms with Gasteiger partial charge in [-0.15, -0.1) is 0 Å². The summed E-state index contributed by atoms with van der Waals surface area (Å²) < 4.78 is 0. The maximum atomic E-state index is 3.56. The van der Waals surface area contributed by atoms with Gasteiger partial charge in [0.15, 0.2) is 0 Å². The van der Waals surface area contributed by atoms with Gasteiger partial charge >= 0.3 is 0 Å². The van der Waals surface area contributed by atoms with Crippen LogP contribution in [0.2, 0.25) is 0 Å². The molecule has 0 saturated heterocycles. The third-order valence-corrected chi connectivity index (χ3v) is 3.88. The van der Waals surface area contributed by atoms with Crippen molar-refractivity contribution in [3.63, 3.8) is 0 Å². The van der Waals surface area contributed by atoms with Crippen LogP contribution in [0.1, 0.15) is 85.0 Å². The molecule has 17 heavy (non-hydrogen) atoms. The zero-order valence-electron chi connectivity index (χ0n) is 12.7. The predicted molar refractivity (Wildman–Crippen MR) is 79.5 cm³/mol. The van der Waals surface area contributed by atoms with Crippen molar-refractivity contribution < 1.29 is 0 Å². The Labute approximate surface area is 110 Å². The molecule has 0 spiro atoms. The van der Waals surface area contributed by atoms with Crippen LogP contribution in [0, 0.1) is 5.92 Å². The highest BCUT2D eigenvalue weighted by molar-refractivity contribution is 4.74.